The molecule has 2 nitrogen and oxygen atoms in total. The largest absolute Gasteiger partial charge is 0.481 e. The number of benzene rings is 1. The van der Waals surface area contributed by atoms with Crippen LogP contribution in [0.5, 0.6) is 5.88 Å². The molecule has 2 rings (SSSR count). The summed E-state index contributed by atoms with van der Waals surface area (Å²) in [5.41, 5.74) is 2.17. The molecule has 0 amide bonds. The summed E-state index contributed by atoms with van der Waals surface area (Å²) in [7, 11) is 1.53. The number of halogens is 1. The highest BCUT2D eigenvalue weighted by atomic mass is 19.1. The second kappa shape index (κ2) is 4.31. The normalized spacial score (nSPS) is 10.2. The molecule has 0 radical (unpaired) electrons. The Morgan fingerprint density at radius 3 is 2.62 bits per heavy atom. The number of aromatic nitrogens is 1. The Bertz CT molecular complexity index is 511. The average molecular weight is 217 g/mol. The number of hydrogen-bond acceptors (Lipinski definition) is 2. The summed E-state index contributed by atoms with van der Waals surface area (Å²) < 4.78 is 18.8. The molecule has 0 bridgehead atoms. The van der Waals surface area contributed by atoms with E-state index in [1.165, 1.54) is 13.2 Å². The summed E-state index contributed by atoms with van der Waals surface area (Å²) in [5, 5.41) is 0. The monoisotopic (exact) mass is 217 g/mol. The molecule has 0 spiro atoms. The Morgan fingerprint density at radius 2 is 1.94 bits per heavy atom. The van der Waals surface area contributed by atoms with Crippen molar-refractivity contribution in [3.63, 3.8) is 0 Å². The fourth-order valence-corrected chi connectivity index (χ4v) is 1.68. The van der Waals surface area contributed by atoms with Crippen molar-refractivity contribution < 1.29 is 9.13 Å². The smallest absolute Gasteiger partial charge is 0.221 e. The molecule has 0 N–H and O–H groups in total. The first-order chi connectivity index (χ1) is 7.74. The average Bonchev–Trinajstić information content (AvgIpc) is 2.30. The summed E-state index contributed by atoms with van der Waals surface area (Å²) in [4.78, 5) is 4.09. The van der Waals surface area contributed by atoms with E-state index in [0.29, 0.717) is 17.0 Å². The number of methoxy groups -OCH3 is 1. The Labute approximate surface area is 93.7 Å². The molecule has 0 aliphatic heterocycles. The zero-order chi connectivity index (χ0) is 11.5. The summed E-state index contributed by atoms with van der Waals surface area (Å²) in [6.45, 7) is 1.91. The van der Waals surface area contributed by atoms with E-state index in [9.17, 15) is 4.39 Å². The van der Waals surface area contributed by atoms with Crippen LogP contribution in [0.15, 0.2) is 36.5 Å². The van der Waals surface area contributed by atoms with Gasteiger partial charge in [-0.3, -0.25) is 0 Å². The van der Waals surface area contributed by atoms with E-state index in [-0.39, 0.29) is 5.82 Å². The molecule has 0 fully saturated rings. The molecule has 1 heterocycles. The maximum absolute atomic E-state index is 13.7. The lowest BCUT2D eigenvalue weighted by molar-refractivity contribution is 0.399. The Kier molecular flexibility index (Phi) is 2.86. The Hall–Kier alpha value is -1.90. The quantitative estimate of drug-likeness (QED) is 0.770. The topological polar surface area (TPSA) is 22.1 Å². The van der Waals surface area contributed by atoms with Gasteiger partial charge in [0.2, 0.25) is 5.88 Å². The van der Waals surface area contributed by atoms with Gasteiger partial charge in [0, 0.05) is 17.3 Å². The summed E-state index contributed by atoms with van der Waals surface area (Å²) in [6.07, 6.45) is 1.65. The first-order valence-corrected chi connectivity index (χ1v) is 4.98. The van der Waals surface area contributed by atoms with Crippen molar-refractivity contribution in [3.8, 4) is 17.0 Å². The van der Waals surface area contributed by atoms with E-state index in [2.05, 4.69) is 4.98 Å². The van der Waals surface area contributed by atoms with Crippen LogP contribution in [0.25, 0.3) is 11.1 Å². The molecular formula is C13H12FNO. The highest BCUT2D eigenvalue weighted by molar-refractivity contribution is 5.72. The highest BCUT2D eigenvalue weighted by Gasteiger charge is 2.13. The third kappa shape index (κ3) is 1.76. The molecule has 16 heavy (non-hydrogen) atoms. The van der Waals surface area contributed by atoms with Crippen LogP contribution in [0.1, 0.15) is 5.56 Å². The summed E-state index contributed by atoms with van der Waals surface area (Å²) >= 11 is 0. The van der Waals surface area contributed by atoms with Crippen LogP contribution < -0.4 is 4.74 Å². The molecule has 82 valence electrons. The van der Waals surface area contributed by atoms with Gasteiger partial charge in [-0.2, -0.15) is 0 Å². The van der Waals surface area contributed by atoms with Crippen molar-refractivity contribution in [2.45, 2.75) is 6.92 Å². The first kappa shape index (κ1) is 10.6. The predicted molar refractivity (Wildman–Crippen MR) is 60.9 cm³/mol. The lowest BCUT2D eigenvalue weighted by Gasteiger charge is -2.10. The third-order valence-electron chi connectivity index (χ3n) is 2.46. The van der Waals surface area contributed by atoms with E-state index < -0.39 is 0 Å². The van der Waals surface area contributed by atoms with Crippen LogP contribution in [0.4, 0.5) is 4.39 Å². The molecule has 1 aromatic carbocycles. The lowest BCUT2D eigenvalue weighted by atomic mass is 10.0. The number of aryl methyl sites for hydroxylation is 1. The van der Waals surface area contributed by atoms with E-state index >= 15 is 0 Å². The fraction of sp³-hybridized carbons (Fsp3) is 0.154. The van der Waals surface area contributed by atoms with E-state index in [0.717, 1.165) is 5.56 Å². The molecule has 2 aromatic rings. The van der Waals surface area contributed by atoms with E-state index in [1.54, 1.807) is 24.4 Å². The number of pyridine rings is 1. The molecule has 3 heteroatoms. The standard InChI is InChI=1S/C13H12FNO/c1-9-7-8-15-13(16-2)12(9)10-5-3-4-6-11(10)14/h3-8H,1-2H3. The van der Waals surface area contributed by atoms with Gasteiger partial charge in [-0.05, 0) is 24.6 Å². The van der Waals surface area contributed by atoms with Gasteiger partial charge in [0.1, 0.15) is 5.82 Å². The molecule has 1 aromatic heterocycles. The first-order valence-electron chi connectivity index (χ1n) is 4.98. The number of hydrogen-bond donors (Lipinski definition) is 0. The van der Waals surface area contributed by atoms with Crippen LogP contribution >= 0.6 is 0 Å². The van der Waals surface area contributed by atoms with Crippen molar-refractivity contribution in [1.29, 1.82) is 0 Å². The van der Waals surface area contributed by atoms with Gasteiger partial charge in [-0.1, -0.05) is 18.2 Å². The van der Waals surface area contributed by atoms with Crippen molar-refractivity contribution in [2.75, 3.05) is 7.11 Å². The van der Waals surface area contributed by atoms with Crippen LogP contribution in [0.3, 0.4) is 0 Å². The van der Waals surface area contributed by atoms with Crippen LogP contribution in [-0.4, -0.2) is 12.1 Å². The van der Waals surface area contributed by atoms with Crippen molar-refractivity contribution in [2.24, 2.45) is 0 Å². The van der Waals surface area contributed by atoms with Crippen molar-refractivity contribution >= 4 is 0 Å². The maximum Gasteiger partial charge on any atom is 0.221 e. The molecule has 0 saturated heterocycles. The Morgan fingerprint density at radius 1 is 1.19 bits per heavy atom. The van der Waals surface area contributed by atoms with Gasteiger partial charge >= 0.3 is 0 Å². The summed E-state index contributed by atoms with van der Waals surface area (Å²) in [5.74, 6) is 0.182. The fourth-order valence-electron chi connectivity index (χ4n) is 1.68. The van der Waals surface area contributed by atoms with E-state index in [1.807, 2.05) is 13.0 Å². The zero-order valence-electron chi connectivity index (χ0n) is 9.20. The van der Waals surface area contributed by atoms with Crippen molar-refractivity contribution in [3.05, 3.63) is 47.9 Å². The van der Waals surface area contributed by atoms with Crippen LogP contribution in [0.2, 0.25) is 0 Å². The maximum atomic E-state index is 13.7. The minimum atomic E-state index is -0.267. The SMILES string of the molecule is COc1nccc(C)c1-c1ccccc1F. The number of nitrogens with zero attached hydrogens (tertiary/aromatic N) is 1. The lowest BCUT2D eigenvalue weighted by Crippen LogP contribution is -1.95. The van der Waals surface area contributed by atoms with Gasteiger partial charge in [0.05, 0.1) is 7.11 Å². The molecule has 0 saturated carbocycles. The third-order valence-corrected chi connectivity index (χ3v) is 2.46. The van der Waals surface area contributed by atoms with Crippen LogP contribution in [-0.2, 0) is 0 Å². The van der Waals surface area contributed by atoms with Gasteiger partial charge < -0.3 is 4.74 Å². The minimum Gasteiger partial charge on any atom is -0.481 e. The Balaban J connectivity index is 2.68. The molecule has 0 unspecified atom stereocenters. The van der Waals surface area contributed by atoms with Crippen molar-refractivity contribution in [1.82, 2.24) is 4.98 Å². The zero-order valence-corrected chi connectivity index (χ0v) is 9.20. The molecular weight excluding hydrogens is 205 g/mol. The molecule has 0 aliphatic rings. The second-order valence-corrected chi connectivity index (χ2v) is 3.49. The highest BCUT2D eigenvalue weighted by Crippen LogP contribution is 2.32. The van der Waals surface area contributed by atoms with Crippen LogP contribution in [0, 0.1) is 12.7 Å². The molecule has 0 aliphatic carbocycles. The summed E-state index contributed by atoms with van der Waals surface area (Å²) in [6, 6.07) is 8.45. The van der Waals surface area contributed by atoms with Gasteiger partial charge in [-0.15, -0.1) is 0 Å². The minimum absolute atomic E-state index is 0.267. The molecule has 0 atom stereocenters. The van der Waals surface area contributed by atoms with Gasteiger partial charge in [0.15, 0.2) is 0 Å². The second-order valence-electron chi connectivity index (χ2n) is 3.49. The van der Waals surface area contributed by atoms with E-state index in [4.69, 9.17) is 4.74 Å². The van der Waals surface area contributed by atoms with Gasteiger partial charge in [-0.25, -0.2) is 9.37 Å². The van der Waals surface area contributed by atoms with Gasteiger partial charge in [0.25, 0.3) is 0 Å². The number of rotatable bonds is 2. The number of ether oxygens (including phenoxy) is 1. The predicted octanol–water partition coefficient (Wildman–Crippen LogP) is 3.20.